The lowest BCUT2D eigenvalue weighted by atomic mass is 9.84. The molecule has 4 unspecified atom stereocenters. The Kier molecular flexibility index (Phi) is 3.50. The Hall–Kier alpha value is -1.42. The molecular weight excluding hydrogens is 257 g/mol. The number of aliphatic carboxylic acids is 1. The molecule has 1 aromatic rings. The maximum Gasteiger partial charge on any atom is 0.308 e. The third kappa shape index (κ3) is 2.33. The van der Waals surface area contributed by atoms with E-state index >= 15 is 0 Å². The first-order chi connectivity index (χ1) is 9.56. The quantitative estimate of drug-likeness (QED) is 0.889. The summed E-state index contributed by atoms with van der Waals surface area (Å²) in [5, 5.41) is 12.7. The van der Waals surface area contributed by atoms with Crippen LogP contribution >= 0.6 is 0 Å². The number of carboxylic acids is 1. The Labute approximate surface area is 118 Å². The van der Waals surface area contributed by atoms with Crippen molar-refractivity contribution < 1.29 is 14.3 Å². The zero-order valence-corrected chi connectivity index (χ0v) is 11.6. The van der Waals surface area contributed by atoms with Crippen molar-refractivity contribution in [3.8, 4) is 0 Å². The predicted octanol–water partition coefficient (Wildman–Crippen LogP) is 2.72. The number of nitrogens with one attached hydrogen (secondary N) is 1. The fraction of sp³-hybridized carbons (Fsp3) is 0.562. The molecule has 2 saturated carbocycles. The lowest BCUT2D eigenvalue weighted by Gasteiger charge is -2.29. The summed E-state index contributed by atoms with van der Waals surface area (Å²) in [7, 11) is 0. The van der Waals surface area contributed by atoms with Gasteiger partial charge in [0.15, 0.2) is 0 Å². The fourth-order valence-electron chi connectivity index (χ4n) is 4.01. The first-order valence-electron chi connectivity index (χ1n) is 7.27. The van der Waals surface area contributed by atoms with Gasteiger partial charge in [0.25, 0.3) is 0 Å². The van der Waals surface area contributed by atoms with Crippen molar-refractivity contribution >= 4 is 5.97 Å². The molecule has 4 heteroatoms. The van der Waals surface area contributed by atoms with Crippen molar-refractivity contribution in [2.45, 2.75) is 38.8 Å². The van der Waals surface area contributed by atoms with Gasteiger partial charge in [-0.1, -0.05) is 17.7 Å². The van der Waals surface area contributed by atoms with Gasteiger partial charge in [0.05, 0.1) is 5.92 Å². The average Bonchev–Trinajstić information content (AvgIpc) is 3.00. The molecule has 0 heterocycles. The van der Waals surface area contributed by atoms with Crippen LogP contribution < -0.4 is 5.32 Å². The number of carboxylic acid groups (broad SMARTS) is 1. The summed E-state index contributed by atoms with van der Waals surface area (Å²) in [6.07, 6.45) is 3.13. The second kappa shape index (κ2) is 5.17. The minimum atomic E-state index is -0.709. The summed E-state index contributed by atoms with van der Waals surface area (Å²) in [5.74, 6) is -0.495. The highest BCUT2D eigenvalue weighted by Gasteiger charge is 2.50. The standard InChI is InChI=1S/C16H20FNO2/c1-9-2-5-13(17)12(6-9)8-18-15-11-4-3-10(7-11)14(15)16(19)20/h2,5-6,10-11,14-15,18H,3-4,7-8H2,1H3,(H,19,20). The number of halogens is 1. The van der Waals surface area contributed by atoms with Gasteiger partial charge in [-0.3, -0.25) is 4.79 Å². The summed E-state index contributed by atoms with van der Waals surface area (Å²) in [6.45, 7) is 2.34. The van der Waals surface area contributed by atoms with Crippen molar-refractivity contribution in [3.63, 3.8) is 0 Å². The highest BCUT2D eigenvalue weighted by molar-refractivity contribution is 5.72. The van der Waals surface area contributed by atoms with E-state index in [1.165, 1.54) is 6.07 Å². The summed E-state index contributed by atoms with van der Waals surface area (Å²) in [6, 6.07) is 5.04. The van der Waals surface area contributed by atoms with E-state index < -0.39 is 5.97 Å². The van der Waals surface area contributed by atoms with E-state index in [1.54, 1.807) is 6.07 Å². The van der Waals surface area contributed by atoms with Crippen LogP contribution in [0, 0.1) is 30.5 Å². The molecule has 0 saturated heterocycles. The number of benzene rings is 1. The largest absolute Gasteiger partial charge is 0.481 e. The third-order valence-corrected chi connectivity index (χ3v) is 4.93. The van der Waals surface area contributed by atoms with Crippen LogP contribution in [-0.4, -0.2) is 17.1 Å². The van der Waals surface area contributed by atoms with Gasteiger partial charge in [0.2, 0.25) is 0 Å². The Morgan fingerprint density at radius 1 is 1.40 bits per heavy atom. The van der Waals surface area contributed by atoms with E-state index in [9.17, 15) is 14.3 Å². The Bertz CT molecular complexity index is 531. The van der Waals surface area contributed by atoms with Crippen LogP contribution in [0.4, 0.5) is 4.39 Å². The molecule has 3 rings (SSSR count). The number of carbonyl (C=O) groups is 1. The minimum Gasteiger partial charge on any atom is -0.481 e. The lowest BCUT2D eigenvalue weighted by Crippen LogP contribution is -2.43. The number of fused-ring (bicyclic) bond motifs is 2. The van der Waals surface area contributed by atoms with Gasteiger partial charge in [-0.25, -0.2) is 4.39 Å². The van der Waals surface area contributed by atoms with Crippen LogP contribution in [0.25, 0.3) is 0 Å². The van der Waals surface area contributed by atoms with Crippen molar-refractivity contribution in [1.82, 2.24) is 5.32 Å². The van der Waals surface area contributed by atoms with E-state index in [-0.39, 0.29) is 17.8 Å². The fourth-order valence-corrected chi connectivity index (χ4v) is 4.01. The van der Waals surface area contributed by atoms with Crippen LogP contribution in [0.3, 0.4) is 0 Å². The second-order valence-electron chi connectivity index (χ2n) is 6.20. The van der Waals surface area contributed by atoms with Gasteiger partial charge < -0.3 is 10.4 Å². The van der Waals surface area contributed by atoms with Crippen molar-refractivity contribution in [3.05, 3.63) is 35.1 Å². The molecule has 2 aliphatic carbocycles. The van der Waals surface area contributed by atoms with E-state index in [4.69, 9.17) is 0 Å². The average molecular weight is 277 g/mol. The summed E-state index contributed by atoms with van der Waals surface area (Å²) in [5.41, 5.74) is 1.64. The second-order valence-corrected chi connectivity index (χ2v) is 6.20. The molecule has 2 fully saturated rings. The highest BCUT2D eigenvalue weighted by Crippen LogP contribution is 2.48. The molecule has 4 atom stereocenters. The summed E-state index contributed by atoms with van der Waals surface area (Å²) >= 11 is 0. The van der Waals surface area contributed by atoms with Gasteiger partial charge in [-0.2, -0.15) is 0 Å². The minimum absolute atomic E-state index is 0.00818. The van der Waals surface area contributed by atoms with Gasteiger partial charge in [-0.05, 0) is 44.1 Å². The summed E-state index contributed by atoms with van der Waals surface area (Å²) in [4.78, 5) is 11.4. The molecule has 1 aromatic carbocycles. The van der Waals surface area contributed by atoms with E-state index in [0.717, 1.165) is 24.8 Å². The summed E-state index contributed by atoms with van der Waals surface area (Å²) < 4.78 is 13.7. The van der Waals surface area contributed by atoms with E-state index in [0.29, 0.717) is 23.9 Å². The van der Waals surface area contributed by atoms with Gasteiger partial charge in [-0.15, -0.1) is 0 Å². The molecule has 0 aliphatic heterocycles. The van der Waals surface area contributed by atoms with Crippen LogP contribution in [0.15, 0.2) is 18.2 Å². The monoisotopic (exact) mass is 277 g/mol. The first kappa shape index (κ1) is 13.6. The van der Waals surface area contributed by atoms with Crippen LogP contribution in [-0.2, 0) is 11.3 Å². The molecule has 2 bridgehead atoms. The van der Waals surface area contributed by atoms with Crippen molar-refractivity contribution in [2.24, 2.45) is 17.8 Å². The first-order valence-corrected chi connectivity index (χ1v) is 7.27. The number of hydrogen-bond acceptors (Lipinski definition) is 2. The molecule has 0 aromatic heterocycles. The van der Waals surface area contributed by atoms with Crippen molar-refractivity contribution in [1.29, 1.82) is 0 Å². The Morgan fingerprint density at radius 3 is 2.90 bits per heavy atom. The smallest absolute Gasteiger partial charge is 0.308 e. The molecule has 2 aliphatic rings. The predicted molar refractivity (Wildman–Crippen MR) is 73.7 cm³/mol. The molecule has 3 nitrogen and oxygen atoms in total. The number of aryl methyl sites for hydroxylation is 1. The molecule has 2 N–H and O–H groups in total. The number of hydrogen-bond donors (Lipinski definition) is 2. The lowest BCUT2D eigenvalue weighted by molar-refractivity contribution is -0.144. The van der Waals surface area contributed by atoms with Crippen LogP contribution in [0.1, 0.15) is 30.4 Å². The Morgan fingerprint density at radius 2 is 2.15 bits per heavy atom. The zero-order valence-electron chi connectivity index (χ0n) is 11.6. The van der Waals surface area contributed by atoms with Gasteiger partial charge in [0, 0.05) is 18.2 Å². The molecular formula is C16H20FNO2. The SMILES string of the molecule is Cc1ccc(F)c(CNC2C3CCC(C3)C2C(=O)O)c1. The van der Waals surface area contributed by atoms with E-state index in [1.807, 2.05) is 13.0 Å². The highest BCUT2D eigenvalue weighted by atomic mass is 19.1. The Balaban J connectivity index is 1.71. The maximum atomic E-state index is 13.7. The molecule has 0 radical (unpaired) electrons. The molecule has 0 spiro atoms. The topological polar surface area (TPSA) is 49.3 Å². The molecule has 108 valence electrons. The third-order valence-electron chi connectivity index (χ3n) is 4.93. The van der Waals surface area contributed by atoms with Crippen LogP contribution in [0.2, 0.25) is 0 Å². The van der Waals surface area contributed by atoms with Crippen LogP contribution in [0.5, 0.6) is 0 Å². The van der Waals surface area contributed by atoms with E-state index in [2.05, 4.69) is 5.32 Å². The normalized spacial score (nSPS) is 31.7. The van der Waals surface area contributed by atoms with Gasteiger partial charge >= 0.3 is 5.97 Å². The van der Waals surface area contributed by atoms with Crippen molar-refractivity contribution in [2.75, 3.05) is 0 Å². The molecule has 0 amide bonds. The van der Waals surface area contributed by atoms with Gasteiger partial charge in [0.1, 0.15) is 5.82 Å². The zero-order chi connectivity index (χ0) is 14.3. The molecule has 20 heavy (non-hydrogen) atoms. The number of rotatable bonds is 4. The maximum absolute atomic E-state index is 13.7.